The molecule has 0 aliphatic rings. The minimum atomic E-state index is -0.516. The van der Waals surface area contributed by atoms with Crippen LogP contribution in [0.4, 0.5) is 11.6 Å². The predicted molar refractivity (Wildman–Crippen MR) is 123 cm³/mol. The van der Waals surface area contributed by atoms with Crippen LogP contribution in [0.3, 0.4) is 0 Å². The Morgan fingerprint density at radius 3 is 2.48 bits per heavy atom. The minimum Gasteiger partial charge on any atom is -0.378 e. The molecule has 0 aliphatic heterocycles. The topological polar surface area (TPSA) is 100 Å². The van der Waals surface area contributed by atoms with Crippen molar-refractivity contribution in [3.05, 3.63) is 86.6 Å². The van der Waals surface area contributed by atoms with Crippen LogP contribution in [-0.2, 0) is 13.6 Å². The average Bonchev–Trinajstić information content (AvgIpc) is 3.12. The highest BCUT2D eigenvalue weighted by Gasteiger charge is 2.17. The van der Waals surface area contributed by atoms with Crippen LogP contribution in [0.1, 0.15) is 11.1 Å². The predicted octanol–water partition coefficient (Wildman–Crippen LogP) is 1.98. The van der Waals surface area contributed by atoms with Gasteiger partial charge in [0.1, 0.15) is 0 Å². The fourth-order valence-corrected chi connectivity index (χ4v) is 3.26. The first-order valence-electron chi connectivity index (χ1n) is 9.74. The van der Waals surface area contributed by atoms with E-state index in [0.717, 1.165) is 16.8 Å². The SMILES string of the molecule is CN(C)c1ccc(/C=N/Nc2nc3c(c(=O)[nH]c(=O)n3C)n2Cc2ccccc2)cc1. The molecule has 2 N–H and O–H groups in total. The molecule has 0 saturated carbocycles. The third-order valence-corrected chi connectivity index (χ3v) is 4.98. The number of hydrogen-bond donors (Lipinski definition) is 2. The lowest BCUT2D eigenvalue weighted by atomic mass is 10.2. The van der Waals surface area contributed by atoms with E-state index < -0.39 is 11.2 Å². The normalized spacial score (nSPS) is 11.3. The molecule has 31 heavy (non-hydrogen) atoms. The number of imidazole rings is 1. The summed E-state index contributed by atoms with van der Waals surface area (Å²) in [5.74, 6) is 0.367. The standard InChI is InChI=1S/C22H23N7O2/c1-27(2)17-11-9-15(10-12-17)13-23-26-21-24-19-18(20(30)25-22(31)28(19)3)29(21)14-16-7-5-4-6-8-16/h4-13H,14H2,1-3H3,(H,24,26)(H,25,30,31)/b23-13+. The average molecular weight is 417 g/mol. The van der Waals surface area contributed by atoms with E-state index in [1.165, 1.54) is 4.57 Å². The van der Waals surface area contributed by atoms with Crippen LogP contribution < -0.4 is 21.6 Å². The first-order chi connectivity index (χ1) is 14.9. The van der Waals surface area contributed by atoms with Gasteiger partial charge in [-0.3, -0.25) is 18.9 Å². The number of benzene rings is 2. The van der Waals surface area contributed by atoms with Crippen LogP contribution >= 0.6 is 0 Å². The molecular formula is C22H23N7O2. The van der Waals surface area contributed by atoms with Crippen molar-refractivity contribution in [2.45, 2.75) is 6.54 Å². The van der Waals surface area contributed by atoms with Gasteiger partial charge in [-0.1, -0.05) is 42.5 Å². The number of hydrazone groups is 1. The Morgan fingerprint density at radius 2 is 1.81 bits per heavy atom. The summed E-state index contributed by atoms with van der Waals surface area (Å²) in [5, 5.41) is 4.29. The van der Waals surface area contributed by atoms with Gasteiger partial charge in [0, 0.05) is 26.8 Å². The van der Waals surface area contributed by atoms with Gasteiger partial charge in [-0.25, -0.2) is 10.2 Å². The molecule has 0 atom stereocenters. The maximum atomic E-state index is 12.6. The molecule has 4 rings (SSSR count). The highest BCUT2D eigenvalue weighted by molar-refractivity contribution is 5.81. The number of aromatic amines is 1. The second-order valence-corrected chi connectivity index (χ2v) is 7.35. The van der Waals surface area contributed by atoms with Gasteiger partial charge in [0.2, 0.25) is 5.95 Å². The minimum absolute atomic E-state index is 0.290. The summed E-state index contributed by atoms with van der Waals surface area (Å²) in [6.45, 7) is 0.397. The zero-order valence-corrected chi connectivity index (χ0v) is 17.5. The van der Waals surface area contributed by atoms with E-state index in [2.05, 4.69) is 20.5 Å². The second kappa shape index (κ2) is 8.31. The van der Waals surface area contributed by atoms with Crippen molar-refractivity contribution in [2.24, 2.45) is 12.1 Å². The quantitative estimate of drug-likeness (QED) is 0.369. The van der Waals surface area contributed by atoms with E-state index in [0.29, 0.717) is 18.0 Å². The highest BCUT2D eigenvalue weighted by Crippen LogP contribution is 2.18. The number of H-pyrrole nitrogens is 1. The van der Waals surface area contributed by atoms with Crippen molar-refractivity contribution in [2.75, 3.05) is 24.4 Å². The Hall–Kier alpha value is -4.14. The monoisotopic (exact) mass is 417 g/mol. The Labute approximate surface area is 178 Å². The number of fused-ring (bicyclic) bond motifs is 1. The lowest BCUT2D eigenvalue weighted by Crippen LogP contribution is -2.29. The van der Waals surface area contributed by atoms with Crippen LogP contribution in [0.2, 0.25) is 0 Å². The summed E-state index contributed by atoms with van der Waals surface area (Å²) in [6.07, 6.45) is 1.68. The summed E-state index contributed by atoms with van der Waals surface area (Å²) >= 11 is 0. The molecule has 4 aromatic rings. The molecule has 0 radical (unpaired) electrons. The molecule has 0 aliphatic carbocycles. The smallest absolute Gasteiger partial charge is 0.329 e. The van der Waals surface area contributed by atoms with Gasteiger partial charge in [-0.05, 0) is 23.3 Å². The van der Waals surface area contributed by atoms with Crippen molar-refractivity contribution < 1.29 is 0 Å². The maximum absolute atomic E-state index is 12.6. The van der Waals surface area contributed by atoms with E-state index in [4.69, 9.17) is 0 Å². The van der Waals surface area contributed by atoms with Gasteiger partial charge in [0.05, 0.1) is 12.8 Å². The number of hydrogen-bond acceptors (Lipinski definition) is 6. The van der Waals surface area contributed by atoms with Gasteiger partial charge < -0.3 is 4.90 Å². The zero-order chi connectivity index (χ0) is 22.0. The van der Waals surface area contributed by atoms with Crippen LogP contribution in [0.15, 0.2) is 69.3 Å². The van der Waals surface area contributed by atoms with Gasteiger partial charge in [-0.2, -0.15) is 10.1 Å². The Balaban J connectivity index is 1.71. The number of nitrogens with one attached hydrogen (secondary N) is 2. The molecule has 9 nitrogen and oxygen atoms in total. The largest absolute Gasteiger partial charge is 0.378 e. The van der Waals surface area contributed by atoms with E-state index in [1.807, 2.05) is 73.6 Å². The lowest BCUT2D eigenvalue weighted by molar-refractivity contribution is 0.808. The molecule has 0 fully saturated rings. The Bertz CT molecular complexity index is 1350. The fourth-order valence-electron chi connectivity index (χ4n) is 3.26. The molecule has 0 amide bonds. The number of aromatic nitrogens is 4. The van der Waals surface area contributed by atoms with E-state index in [9.17, 15) is 9.59 Å². The van der Waals surface area contributed by atoms with Crippen LogP contribution in [0.25, 0.3) is 11.2 Å². The number of nitrogens with zero attached hydrogens (tertiary/aromatic N) is 5. The summed E-state index contributed by atoms with van der Waals surface area (Å²) in [5.41, 5.74) is 5.51. The van der Waals surface area contributed by atoms with E-state index in [1.54, 1.807) is 17.8 Å². The van der Waals surface area contributed by atoms with Crippen LogP contribution in [0.5, 0.6) is 0 Å². The van der Waals surface area contributed by atoms with Gasteiger partial charge in [0.15, 0.2) is 11.2 Å². The Morgan fingerprint density at radius 1 is 1.10 bits per heavy atom. The molecule has 2 aromatic carbocycles. The number of anilines is 2. The summed E-state index contributed by atoms with van der Waals surface area (Å²) in [7, 11) is 5.54. The lowest BCUT2D eigenvalue weighted by Gasteiger charge is -2.11. The second-order valence-electron chi connectivity index (χ2n) is 7.35. The third-order valence-electron chi connectivity index (χ3n) is 4.98. The first kappa shape index (κ1) is 20.1. The van der Waals surface area contributed by atoms with Crippen molar-refractivity contribution >= 4 is 29.0 Å². The number of aryl methyl sites for hydroxylation is 1. The van der Waals surface area contributed by atoms with Gasteiger partial charge in [-0.15, -0.1) is 0 Å². The van der Waals surface area contributed by atoms with E-state index >= 15 is 0 Å². The first-order valence-corrected chi connectivity index (χ1v) is 9.74. The van der Waals surface area contributed by atoms with Gasteiger partial charge in [0.25, 0.3) is 5.56 Å². The third kappa shape index (κ3) is 4.11. The molecule has 0 saturated heterocycles. The summed E-state index contributed by atoms with van der Waals surface area (Å²) < 4.78 is 3.03. The molecule has 0 spiro atoms. The molecule has 0 bridgehead atoms. The highest BCUT2D eigenvalue weighted by atomic mass is 16.2. The van der Waals surface area contributed by atoms with Crippen molar-refractivity contribution in [1.29, 1.82) is 0 Å². The van der Waals surface area contributed by atoms with E-state index in [-0.39, 0.29) is 5.65 Å². The molecule has 158 valence electrons. The fraction of sp³-hybridized carbons (Fsp3) is 0.182. The van der Waals surface area contributed by atoms with Crippen molar-refractivity contribution in [3.63, 3.8) is 0 Å². The van der Waals surface area contributed by atoms with Crippen molar-refractivity contribution in [3.8, 4) is 0 Å². The molecular weight excluding hydrogens is 394 g/mol. The number of rotatable bonds is 6. The molecule has 0 unspecified atom stereocenters. The van der Waals surface area contributed by atoms with Crippen molar-refractivity contribution in [1.82, 2.24) is 19.1 Å². The zero-order valence-electron chi connectivity index (χ0n) is 17.5. The summed E-state index contributed by atoms with van der Waals surface area (Å²) in [6, 6.07) is 17.6. The molecule has 2 aromatic heterocycles. The molecule has 9 heteroatoms. The Kier molecular flexibility index (Phi) is 5.40. The molecule has 2 heterocycles. The van der Waals surface area contributed by atoms with Crippen LogP contribution in [-0.4, -0.2) is 39.4 Å². The van der Waals surface area contributed by atoms with Gasteiger partial charge >= 0.3 is 5.69 Å². The maximum Gasteiger partial charge on any atom is 0.329 e. The summed E-state index contributed by atoms with van der Waals surface area (Å²) in [4.78, 5) is 33.4. The van der Waals surface area contributed by atoms with Crippen LogP contribution in [0, 0.1) is 0 Å².